The van der Waals surface area contributed by atoms with Crippen LogP contribution in [0.1, 0.15) is 0 Å². The van der Waals surface area contributed by atoms with Crippen molar-refractivity contribution in [1.82, 2.24) is 0 Å². The first-order chi connectivity index (χ1) is 5.00. The van der Waals surface area contributed by atoms with Crippen LogP contribution in [0, 0.1) is 0 Å². The first-order valence-electron chi connectivity index (χ1n) is 2.72. The maximum Gasteiger partial charge on any atom is 0.332 e. The Morgan fingerprint density at radius 3 is 2.00 bits per heavy atom. The lowest BCUT2D eigenvalue weighted by Gasteiger charge is -2.02. The van der Waals surface area contributed by atoms with Gasteiger partial charge in [0.25, 0.3) is 0 Å². The molecule has 11 heavy (non-hydrogen) atoms. The molecule has 0 aliphatic rings. The van der Waals surface area contributed by atoms with E-state index in [2.05, 4.69) is 0 Å². The van der Waals surface area contributed by atoms with Gasteiger partial charge < -0.3 is 5.11 Å². The van der Waals surface area contributed by atoms with Gasteiger partial charge in [-0.3, -0.25) is 0 Å². The minimum atomic E-state index is -4.66. The van der Waals surface area contributed by atoms with E-state index in [1.807, 2.05) is 0 Å². The van der Waals surface area contributed by atoms with Crippen molar-refractivity contribution in [1.29, 1.82) is 0 Å². The highest BCUT2D eigenvalue weighted by Gasteiger charge is 2.09. The zero-order chi connectivity index (χ0) is 8.48. The zero-order valence-corrected chi connectivity index (χ0v) is 6.14. The molecule has 0 bridgehead atoms. The molecule has 0 spiro atoms. The van der Waals surface area contributed by atoms with Crippen molar-refractivity contribution in [3.63, 3.8) is 0 Å². The molecule has 0 aromatic heterocycles. The van der Waals surface area contributed by atoms with Crippen molar-refractivity contribution in [3.05, 3.63) is 24.3 Å². The molecule has 3 nitrogen and oxygen atoms in total. The number of benzene rings is 1. The van der Waals surface area contributed by atoms with E-state index >= 15 is 0 Å². The van der Waals surface area contributed by atoms with Gasteiger partial charge in [-0.2, -0.15) is 8.42 Å². The molecular weight excluding hydrogens is 171 g/mol. The van der Waals surface area contributed by atoms with Gasteiger partial charge >= 0.3 is 10.2 Å². The number of rotatable bonds is 1. The molecule has 0 saturated carbocycles. The molecule has 0 saturated heterocycles. The van der Waals surface area contributed by atoms with Crippen molar-refractivity contribution in [2.75, 3.05) is 0 Å². The summed E-state index contributed by atoms with van der Waals surface area (Å²) in [6.07, 6.45) is 0. The van der Waals surface area contributed by atoms with Crippen LogP contribution in [0.2, 0.25) is 0 Å². The van der Waals surface area contributed by atoms with Gasteiger partial charge in [-0.15, -0.1) is 9.64 Å². The highest BCUT2D eigenvalue weighted by Crippen LogP contribution is 2.13. The summed E-state index contributed by atoms with van der Waals surface area (Å²) in [4.78, 5) is -0.489. The lowest BCUT2D eigenvalue weighted by atomic mass is 10.3. The van der Waals surface area contributed by atoms with Gasteiger partial charge in [-0.05, 0) is 12.1 Å². The molecule has 1 aromatic rings. The average Bonchev–Trinajstić information content (AvgIpc) is 1.86. The number of hydrogen-bond donors (Lipinski definition) is 0. The van der Waals surface area contributed by atoms with Crippen LogP contribution in [-0.4, -0.2) is 8.42 Å². The minimum absolute atomic E-state index is 0.350. The van der Waals surface area contributed by atoms with Gasteiger partial charge in [0.05, 0.1) is 4.90 Å². The third-order valence-electron chi connectivity index (χ3n) is 1.11. The summed E-state index contributed by atoms with van der Waals surface area (Å²) in [5.41, 5.74) is 0. The van der Waals surface area contributed by atoms with Crippen LogP contribution in [-0.2, 0) is 10.2 Å². The van der Waals surface area contributed by atoms with E-state index in [9.17, 15) is 17.4 Å². The molecule has 0 radical (unpaired) electrons. The second-order valence-electron chi connectivity index (χ2n) is 1.91. The molecule has 1 aromatic carbocycles. The summed E-state index contributed by atoms with van der Waals surface area (Å²) < 4.78 is 32.5. The molecule has 0 N–H and O–H groups in total. The van der Waals surface area contributed by atoms with Crippen molar-refractivity contribution in [2.24, 2.45) is 0 Å². The van der Waals surface area contributed by atoms with Crippen LogP contribution in [0.25, 0.3) is 0 Å². The van der Waals surface area contributed by atoms with Gasteiger partial charge in [0.2, 0.25) is 0 Å². The van der Waals surface area contributed by atoms with Gasteiger partial charge in [-0.25, -0.2) is 0 Å². The van der Waals surface area contributed by atoms with Crippen molar-refractivity contribution >= 4 is 10.2 Å². The van der Waals surface area contributed by atoms with Crippen molar-refractivity contribution < 1.29 is 17.4 Å². The van der Waals surface area contributed by atoms with E-state index in [-0.39, 0.29) is 5.75 Å². The highest BCUT2D eigenvalue weighted by atomic mass is 32.3. The van der Waals surface area contributed by atoms with Crippen LogP contribution in [0.3, 0.4) is 0 Å². The standard InChI is InChI=1S/C6H5FO3S/c7-11(9,10)6-3-1-5(8)2-4-6/h1-4,8H/p-1. The first kappa shape index (κ1) is 8.00. The summed E-state index contributed by atoms with van der Waals surface area (Å²) in [5.74, 6) is -0.350. The molecule has 1 rings (SSSR count). The molecule has 0 unspecified atom stereocenters. The normalized spacial score (nSPS) is 11.4. The quantitative estimate of drug-likeness (QED) is 0.581. The highest BCUT2D eigenvalue weighted by molar-refractivity contribution is 7.86. The van der Waals surface area contributed by atoms with E-state index in [1.54, 1.807) is 0 Å². The van der Waals surface area contributed by atoms with E-state index in [0.29, 0.717) is 0 Å². The zero-order valence-electron chi connectivity index (χ0n) is 5.32. The summed E-state index contributed by atoms with van der Waals surface area (Å²) in [6.45, 7) is 0. The average molecular weight is 175 g/mol. The third-order valence-corrected chi connectivity index (χ3v) is 1.94. The first-order valence-corrected chi connectivity index (χ1v) is 4.10. The van der Waals surface area contributed by atoms with Crippen LogP contribution in [0.15, 0.2) is 29.2 Å². The predicted molar refractivity (Wildman–Crippen MR) is 34.2 cm³/mol. The molecular formula is C6H4FO3S-. The van der Waals surface area contributed by atoms with E-state index in [0.717, 1.165) is 24.3 Å². The minimum Gasteiger partial charge on any atom is -0.872 e. The Balaban J connectivity index is 3.20. The van der Waals surface area contributed by atoms with Gasteiger partial charge in [0.15, 0.2) is 0 Å². The summed E-state index contributed by atoms with van der Waals surface area (Å²) in [6, 6.07) is 3.84. The lowest BCUT2D eigenvalue weighted by Crippen LogP contribution is -1.93. The van der Waals surface area contributed by atoms with Gasteiger partial charge in [0.1, 0.15) is 0 Å². The Hall–Kier alpha value is -1.10. The fourth-order valence-electron chi connectivity index (χ4n) is 0.602. The Morgan fingerprint density at radius 2 is 1.64 bits per heavy atom. The molecule has 0 amide bonds. The van der Waals surface area contributed by atoms with Gasteiger partial charge in [-0.1, -0.05) is 12.1 Å². The fourth-order valence-corrected chi connectivity index (χ4v) is 1.06. The summed E-state index contributed by atoms with van der Waals surface area (Å²) in [7, 11) is -4.66. The molecule has 0 fully saturated rings. The van der Waals surface area contributed by atoms with Crippen LogP contribution in [0.5, 0.6) is 5.75 Å². The fraction of sp³-hybridized carbons (Fsp3) is 0. The third kappa shape index (κ3) is 1.91. The monoisotopic (exact) mass is 175 g/mol. The summed E-state index contributed by atoms with van der Waals surface area (Å²) in [5, 5.41) is 10.4. The molecule has 60 valence electrons. The largest absolute Gasteiger partial charge is 0.872 e. The SMILES string of the molecule is O=S(=O)(F)c1ccc([O-])cc1. The maximum atomic E-state index is 12.1. The topological polar surface area (TPSA) is 57.2 Å². The predicted octanol–water partition coefficient (Wildman–Crippen LogP) is 0.418. The van der Waals surface area contributed by atoms with Crippen molar-refractivity contribution in [2.45, 2.75) is 4.90 Å². The molecule has 0 atom stereocenters. The summed E-state index contributed by atoms with van der Waals surface area (Å²) >= 11 is 0. The Morgan fingerprint density at radius 1 is 1.18 bits per heavy atom. The Kier molecular flexibility index (Phi) is 1.82. The van der Waals surface area contributed by atoms with E-state index in [4.69, 9.17) is 0 Å². The maximum absolute atomic E-state index is 12.1. The van der Waals surface area contributed by atoms with Crippen LogP contribution in [0.4, 0.5) is 3.89 Å². The molecule has 0 aliphatic heterocycles. The number of hydrogen-bond acceptors (Lipinski definition) is 3. The molecule has 0 aliphatic carbocycles. The lowest BCUT2D eigenvalue weighted by molar-refractivity contribution is -0.268. The molecule has 5 heteroatoms. The van der Waals surface area contributed by atoms with E-state index < -0.39 is 15.1 Å². The smallest absolute Gasteiger partial charge is 0.332 e. The number of halogens is 1. The second-order valence-corrected chi connectivity index (χ2v) is 3.26. The second kappa shape index (κ2) is 2.50. The van der Waals surface area contributed by atoms with Gasteiger partial charge in [0, 0.05) is 0 Å². The van der Waals surface area contributed by atoms with E-state index in [1.165, 1.54) is 0 Å². The van der Waals surface area contributed by atoms with Crippen LogP contribution >= 0.6 is 0 Å². The van der Waals surface area contributed by atoms with Crippen LogP contribution < -0.4 is 5.11 Å². The molecule has 0 heterocycles. The Bertz CT molecular complexity index is 341. The Labute approximate surface area is 63.3 Å². The van der Waals surface area contributed by atoms with Crippen molar-refractivity contribution in [3.8, 4) is 5.75 Å².